The molecular formula is C27H33N3O3S. The number of alkyl carbamates (subject to hydrolysis) is 1. The van der Waals surface area contributed by atoms with E-state index in [1.165, 1.54) is 0 Å². The van der Waals surface area contributed by atoms with Crippen LogP contribution >= 0.6 is 0 Å². The van der Waals surface area contributed by atoms with Crippen molar-refractivity contribution in [1.82, 2.24) is 10.2 Å². The molecule has 1 aliphatic heterocycles. The Morgan fingerprint density at radius 3 is 2.15 bits per heavy atom. The first-order chi connectivity index (χ1) is 16.2. The summed E-state index contributed by atoms with van der Waals surface area (Å²) in [7, 11) is -1.31. The van der Waals surface area contributed by atoms with Crippen LogP contribution in [-0.4, -0.2) is 46.2 Å². The highest BCUT2D eigenvalue weighted by molar-refractivity contribution is 7.88. The molecule has 1 heterocycles. The van der Waals surface area contributed by atoms with Gasteiger partial charge in [0.05, 0.1) is 27.9 Å². The number of carbonyl (C=O) groups is 1. The molecule has 0 fully saturated rings. The lowest BCUT2D eigenvalue weighted by Gasteiger charge is -2.32. The van der Waals surface area contributed by atoms with Gasteiger partial charge in [0.15, 0.2) is 0 Å². The normalized spacial score (nSPS) is 16.1. The standard InChI is InChI=1S/C27H33N3O3S/c1-5-34(32)24-23(19-28)27(21-13-8-6-9-14-21,22-15-10-7-11-16-22)20-30(24)18-12-17-29-25(31)33-26(2,3)4/h6-11,13-16H,5,12,17-18,20H2,1-4H3,(H,29,31). The van der Waals surface area contributed by atoms with Gasteiger partial charge in [0.2, 0.25) is 0 Å². The molecule has 1 amide bonds. The Morgan fingerprint density at radius 2 is 1.68 bits per heavy atom. The summed E-state index contributed by atoms with van der Waals surface area (Å²) in [5.41, 5.74) is 1.26. The predicted octanol–water partition coefficient (Wildman–Crippen LogP) is 4.71. The number of nitriles is 1. The van der Waals surface area contributed by atoms with Crippen LogP contribution in [-0.2, 0) is 21.0 Å². The highest BCUT2D eigenvalue weighted by Gasteiger charge is 2.49. The van der Waals surface area contributed by atoms with Crippen molar-refractivity contribution in [2.45, 2.75) is 45.1 Å². The second-order valence-corrected chi connectivity index (χ2v) is 10.9. The molecule has 0 aliphatic carbocycles. The van der Waals surface area contributed by atoms with Gasteiger partial charge in [0, 0.05) is 25.4 Å². The second kappa shape index (κ2) is 10.9. The number of rotatable bonds is 8. The van der Waals surface area contributed by atoms with E-state index in [-0.39, 0.29) is 0 Å². The summed E-state index contributed by atoms with van der Waals surface area (Å²) in [4.78, 5) is 14.1. The van der Waals surface area contributed by atoms with E-state index in [0.29, 0.717) is 42.4 Å². The van der Waals surface area contributed by atoms with Crippen LogP contribution < -0.4 is 5.32 Å². The second-order valence-electron chi connectivity index (χ2n) is 9.27. The fraction of sp³-hybridized carbons (Fsp3) is 0.407. The van der Waals surface area contributed by atoms with Crippen molar-refractivity contribution < 1.29 is 13.7 Å². The summed E-state index contributed by atoms with van der Waals surface area (Å²) in [6, 6.07) is 22.4. The fourth-order valence-electron chi connectivity index (χ4n) is 4.35. The summed E-state index contributed by atoms with van der Waals surface area (Å²) in [6.07, 6.45) is 0.171. The van der Waals surface area contributed by atoms with E-state index in [9.17, 15) is 14.3 Å². The molecule has 0 spiro atoms. The van der Waals surface area contributed by atoms with Gasteiger partial charge >= 0.3 is 6.09 Å². The first-order valence-corrected chi connectivity index (χ1v) is 12.9. The number of amides is 1. The summed E-state index contributed by atoms with van der Waals surface area (Å²) < 4.78 is 18.5. The molecule has 7 heteroatoms. The lowest BCUT2D eigenvalue weighted by Crippen LogP contribution is -2.37. The van der Waals surface area contributed by atoms with E-state index in [0.717, 1.165) is 11.1 Å². The van der Waals surface area contributed by atoms with Gasteiger partial charge < -0.3 is 15.0 Å². The smallest absolute Gasteiger partial charge is 0.407 e. The largest absolute Gasteiger partial charge is 0.444 e. The molecule has 1 atom stereocenters. The summed E-state index contributed by atoms with van der Waals surface area (Å²) in [5.74, 6) is 0.423. The third-order valence-electron chi connectivity index (χ3n) is 5.75. The van der Waals surface area contributed by atoms with Crippen molar-refractivity contribution >= 4 is 16.9 Å². The minimum absolute atomic E-state index is 0.420. The highest BCUT2D eigenvalue weighted by Crippen LogP contribution is 2.47. The maximum Gasteiger partial charge on any atom is 0.407 e. The monoisotopic (exact) mass is 479 g/mol. The van der Waals surface area contributed by atoms with Gasteiger partial charge in [0.25, 0.3) is 0 Å². The topological polar surface area (TPSA) is 82.4 Å². The zero-order chi connectivity index (χ0) is 24.8. The Balaban J connectivity index is 1.94. The molecule has 6 nitrogen and oxygen atoms in total. The molecule has 180 valence electrons. The quantitative estimate of drug-likeness (QED) is 0.555. The molecule has 3 rings (SSSR count). The van der Waals surface area contributed by atoms with Crippen LogP contribution in [0.3, 0.4) is 0 Å². The van der Waals surface area contributed by atoms with Crippen LogP contribution in [0.4, 0.5) is 4.79 Å². The summed E-state index contributed by atoms with van der Waals surface area (Å²) in [5, 5.41) is 13.7. The molecule has 1 unspecified atom stereocenters. The van der Waals surface area contributed by atoms with Crippen molar-refractivity contribution in [3.8, 4) is 6.07 Å². The van der Waals surface area contributed by atoms with Gasteiger partial charge in [-0.05, 0) is 38.3 Å². The molecule has 0 bridgehead atoms. The maximum atomic E-state index is 13.2. The maximum absolute atomic E-state index is 13.2. The van der Waals surface area contributed by atoms with Crippen LogP contribution in [0.1, 0.15) is 45.2 Å². The number of carbonyl (C=O) groups excluding carboxylic acids is 1. The third kappa shape index (κ3) is 5.51. The van der Waals surface area contributed by atoms with Crippen LogP contribution in [0.15, 0.2) is 71.3 Å². The molecule has 0 saturated carbocycles. The minimum Gasteiger partial charge on any atom is -0.444 e. The zero-order valence-electron chi connectivity index (χ0n) is 20.3. The average molecular weight is 480 g/mol. The average Bonchev–Trinajstić information content (AvgIpc) is 3.16. The number of hydrogen-bond donors (Lipinski definition) is 1. The van der Waals surface area contributed by atoms with Crippen molar-refractivity contribution in [2.75, 3.05) is 25.4 Å². The van der Waals surface area contributed by atoms with Crippen molar-refractivity contribution in [3.63, 3.8) is 0 Å². The number of hydrogen-bond acceptors (Lipinski definition) is 5. The van der Waals surface area contributed by atoms with Gasteiger partial charge in [-0.15, -0.1) is 0 Å². The van der Waals surface area contributed by atoms with Gasteiger partial charge in [-0.1, -0.05) is 67.6 Å². The lowest BCUT2D eigenvalue weighted by atomic mass is 9.71. The molecule has 34 heavy (non-hydrogen) atoms. The Kier molecular flexibility index (Phi) is 8.16. The molecular weight excluding hydrogens is 446 g/mol. The van der Waals surface area contributed by atoms with Gasteiger partial charge in [-0.25, -0.2) is 4.79 Å². The number of nitrogens with one attached hydrogen (secondary N) is 1. The van der Waals surface area contributed by atoms with Crippen molar-refractivity contribution in [1.29, 1.82) is 5.26 Å². The van der Waals surface area contributed by atoms with Gasteiger partial charge in [0.1, 0.15) is 10.6 Å². The Morgan fingerprint density at radius 1 is 1.12 bits per heavy atom. The number of ether oxygens (including phenoxy) is 1. The Bertz CT molecular complexity index is 1050. The Hall–Kier alpha value is -3.11. The van der Waals surface area contributed by atoms with Gasteiger partial charge in [-0.2, -0.15) is 5.26 Å². The van der Waals surface area contributed by atoms with Gasteiger partial charge in [-0.3, -0.25) is 4.21 Å². The van der Waals surface area contributed by atoms with Crippen molar-refractivity contribution in [3.05, 3.63) is 82.4 Å². The molecule has 0 radical (unpaired) electrons. The van der Waals surface area contributed by atoms with E-state index < -0.39 is 27.9 Å². The first kappa shape index (κ1) is 25.5. The molecule has 1 N–H and O–H groups in total. The third-order valence-corrected chi connectivity index (χ3v) is 7.17. The number of nitrogens with zero attached hydrogens (tertiary/aromatic N) is 2. The summed E-state index contributed by atoms with van der Waals surface area (Å²) in [6.45, 7) is 8.83. The first-order valence-electron chi connectivity index (χ1n) is 11.6. The molecule has 2 aromatic carbocycles. The molecule has 1 aliphatic rings. The van der Waals surface area contributed by atoms with E-state index in [4.69, 9.17) is 4.74 Å². The zero-order valence-corrected chi connectivity index (χ0v) is 21.2. The van der Waals surface area contributed by atoms with E-state index >= 15 is 0 Å². The van der Waals surface area contributed by atoms with Crippen LogP contribution in [0, 0.1) is 11.3 Å². The van der Waals surface area contributed by atoms with Crippen LogP contribution in [0.25, 0.3) is 0 Å². The van der Waals surface area contributed by atoms with E-state index in [2.05, 4.69) is 16.3 Å². The predicted molar refractivity (Wildman–Crippen MR) is 135 cm³/mol. The fourth-order valence-corrected chi connectivity index (χ4v) is 5.52. The SMILES string of the molecule is CCS(=O)C1=C(C#N)C(c2ccccc2)(c2ccccc2)CN1CCCNC(=O)OC(C)(C)C. The lowest BCUT2D eigenvalue weighted by molar-refractivity contribution is 0.0526. The Labute approximate surface area is 205 Å². The highest BCUT2D eigenvalue weighted by atomic mass is 32.2. The van der Waals surface area contributed by atoms with E-state index in [1.54, 1.807) is 0 Å². The van der Waals surface area contributed by atoms with Crippen LogP contribution in [0.5, 0.6) is 0 Å². The van der Waals surface area contributed by atoms with Crippen LogP contribution in [0.2, 0.25) is 0 Å². The molecule has 0 aromatic heterocycles. The summed E-state index contributed by atoms with van der Waals surface area (Å²) >= 11 is 0. The molecule has 2 aromatic rings. The van der Waals surface area contributed by atoms with E-state index in [1.807, 2.05) is 88.4 Å². The number of benzene rings is 2. The van der Waals surface area contributed by atoms with Crippen molar-refractivity contribution in [2.24, 2.45) is 0 Å². The minimum atomic E-state index is -1.31. The molecule has 0 saturated heterocycles.